The van der Waals surface area contributed by atoms with Gasteiger partial charge in [0.2, 0.25) is 11.7 Å². The van der Waals surface area contributed by atoms with Crippen molar-refractivity contribution in [3.63, 3.8) is 0 Å². The third kappa shape index (κ3) is 4.82. The number of hydrogen-bond acceptors (Lipinski definition) is 5. The monoisotopic (exact) mass is 419 g/mol. The average molecular weight is 420 g/mol. The van der Waals surface area contributed by atoms with Gasteiger partial charge in [0.15, 0.2) is 6.10 Å². The number of ether oxygens (including phenoxy) is 1. The Kier molecular flexibility index (Phi) is 6.54. The molecule has 0 radical (unpaired) electrons. The van der Waals surface area contributed by atoms with Crippen molar-refractivity contribution in [2.75, 3.05) is 7.05 Å². The number of hydrogen-bond donors (Lipinski definition) is 0. The van der Waals surface area contributed by atoms with Crippen molar-refractivity contribution >= 4 is 29.1 Å². The third-order valence-corrected chi connectivity index (χ3v) is 4.62. The Hall–Kier alpha value is -2.57. The summed E-state index contributed by atoms with van der Waals surface area (Å²) in [6.45, 7) is 2.04. The highest BCUT2D eigenvalue weighted by atomic mass is 35.5. The molecule has 0 spiro atoms. The Morgan fingerprint density at radius 3 is 2.71 bits per heavy atom. The summed E-state index contributed by atoms with van der Waals surface area (Å²) in [6, 6.07) is 14.2. The third-order valence-electron chi connectivity index (χ3n) is 4.05. The van der Waals surface area contributed by atoms with E-state index in [4.69, 9.17) is 32.5 Å². The summed E-state index contributed by atoms with van der Waals surface area (Å²) in [5, 5.41) is 5.02. The highest BCUT2D eigenvalue weighted by molar-refractivity contribution is 6.33. The first-order valence-corrected chi connectivity index (χ1v) is 9.48. The molecule has 0 saturated carbocycles. The molecule has 8 heteroatoms. The second-order valence-corrected chi connectivity index (χ2v) is 7.00. The molecular weight excluding hydrogens is 401 g/mol. The molecule has 0 saturated heterocycles. The maximum Gasteiger partial charge on any atom is 0.263 e. The fourth-order valence-corrected chi connectivity index (χ4v) is 3.01. The summed E-state index contributed by atoms with van der Waals surface area (Å²) in [7, 11) is 1.66. The number of amides is 1. The molecule has 1 heterocycles. The van der Waals surface area contributed by atoms with Gasteiger partial charge >= 0.3 is 0 Å². The van der Waals surface area contributed by atoms with Gasteiger partial charge in [-0.2, -0.15) is 4.98 Å². The maximum atomic E-state index is 12.8. The van der Waals surface area contributed by atoms with Gasteiger partial charge in [0, 0.05) is 17.6 Å². The molecule has 28 heavy (non-hydrogen) atoms. The molecule has 3 rings (SSSR count). The van der Waals surface area contributed by atoms with Gasteiger partial charge in [-0.05, 0) is 36.8 Å². The Labute approximate surface area is 173 Å². The topological polar surface area (TPSA) is 68.5 Å². The van der Waals surface area contributed by atoms with E-state index in [1.54, 1.807) is 43.4 Å². The van der Waals surface area contributed by atoms with Crippen molar-refractivity contribution in [3.05, 3.63) is 64.5 Å². The minimum absolute atomic E-state index is 0.158. The van der Waals surface area contributed by atoms with Crippen LogP contribution in [0.1, 0.15) is 19.2 Å². The minimum atomic E-state index is -0.644. The van der Waals surface area contributed by atoms with Crippen LogP contribution >= 0.6 is 23.2 Å². The van der Waals surface area contributed by atoms with E-state index in [1.165, 1.54) is 4.90 Å². The number of rotatable bonds is 7. The fourth-order valence-electron chi connectivity index (χ4n) is 2.61. The highest BCUT2D eigenvalue weighted by Gasteiger charge is 2.24. The van der Waals surface area contributed by atoms with E-state index in [1.807, 2.05) is 19.1 Å². The van der Waals surface area contributed by atoms with Gasteiger partial charge in [-0.1, -0.05) is 53.5 Å². The van der Waals surface area contributed by atoms with Gasteiger partial charge in [-0.25, -0.2) is 0 Å². The first kappa shape index (κ1) is 20.2. The standard InChI is InChI=1S/C20H19Cl2N3O3/c1-3-17(27-14-8-6-7-13(21)11-14)20(26)25(2)12-18-23-19(24-28-18)15-9-4-5-10-16(15)22/h4-11,17H,3,12H2,1-2H3/t17-/m0/s1. The van der Waals surface area contributed by atoms with Crippen LogP contribution in [-0.2, 0) is 11.3 Å². The van der Waals surface area contributed by atoms with Gasteiger partial charge in [0.1, 0.15) is 5.75 Å². The normalized spacial score (nSPS) is 11.9. The highest BCUT2D eigenvalue weighted by Crippen LogP contribution is 2.25. The molecule has 0 aliphatic carbocycles. The zero-order valence-electron chi connectivity index (χ0n) is 15.4. The van der Waals surface area contributed by atoms with Crippen molar-refractivity contribution in [1.82, 2.24) is 15.0 Å². The number of halogens is 2. The number of benzene rings is 2. The van der Waals surface area contributed by atoms with Gasteiger partial charge in [0.05, 0.1) is 11.6 Å². The summed E-state index contributed by atoms with van der Waals surface area (Å²) in [5.41, 5.74) is 0.670. The molecule has 6 nitrogen and oxygen atoms in total. The van der Waals surface area contributed by atoms with Gasteiger partial charge < -0.3 is 14.2 Å². The predicted octanol–water partition coefficient (Wildman–Crippen LogP) is 4.86. The van der Waals surface area contributed by atoms with E-state index in [2.05, 4.69) is 10.1 Å². The van der Waals surface area contributed by atoms with Crippen molar-refractivity contribution in [2.24, 2.45) is 0 Å². The van der Waals surface area contributed by atoms with E-state index < -0.39 is 6.10 Å². The van der Waals surface area contributed by atoms with Crippen LogP contribution in [0, 0.1) is 0 Å². The summed E-state index contributed by atoms with van der Waals surface area (Å²) >= 11 is 12.1. The van der Waals surface area contributed by atoms with Crippen LogP contribution in [-0.4, -0.2) is 34.1 Å². The number of carbonyl (C=O) groups is 1. The van der Waals surface area contributed by atoms with E-state index in [-0.39, 0.29) is 12.5 Å². The Morgan fingerprint density at radius 2 is 2.00 bits per heavy atom. The van der Waals surface area contributed by atoms with Crippen LogP contribution in [0.4, 0.5) is 0 Å². The van der Waals surface area contributed by atoms with Crippen LogP contribution in [0.3, 0.4) is 0 Å². The first-order chi connectivity index (χ1) is 13.5. The quantitative estimate of drug-likeness (QED) is 0.546. The Morgan fingerprint density at radius 1 is 1.21 bits per heavy atom. The van der Waals surface area contributed by atoms with E-state index in [0.29, 0.717) is 39.5 Å². The lowest BCUT2D eigenvalue weighted by molar-refractivity contribution is -0.138. The predicted molar refractivity (Wildman–Crippen MR) is 107 cm³/mol. The SMILES string of the molecule is CC[C@H](Oc1cccc(Cl)c1)C(=O)N(C)Cc1nc(-c2ccccc2Cl)no1. The molecule has 0 aliphatic heterocycles. The lowest BCUT2D eigenvalue weighted by Gasteiger charge is -2.22. The molecule has 0 unspecified atom stereocenters. The van der Waals surface area contributed by atoms with Crippen molar-refractivity contribution in [2.45, 2.75) is 26.0 Å². The molecule has 1 atom stereocenters. The van der Waals surface area contributed by atoms with Crippen LogP contribution < -0.4 is 4.74 Å². The second kappa shape index (κ2) is 9.08. The largest absolute Gasteiger partial charge is 0.481 e. The van der Waals surface area contributed by atoms with Gasteiger partial charge in [0.25, 0.3) is 5.91 Å². The van der Waals surface area contributed by atoms with Gasteiger partial charge in [-0.3, -0.25) is 4.79 Å². The van der Waals surface area contributed by atoms with Crippen LogP contribution in [0.25, 0.3) is 11.4 Å². The van der Waals surface area contributed by atoms with Crippen molar-refractivity contribution in [3.8, 4) is 17.1 Å². The van der Waals surface area contributed by atoms with Crippen molar-refractivity contribution < 1.29 is 14.1 Å². The Bertz CT molecular complexity index is 961. The maximum absolute atomic E-state index is 12.8. The minimum Gasteiger partial charge on any atom is -0.481 e. The number of nitrogens with zero attached hydrogens (tertiary/aromatic N) is 3. The average Bonchev–Trinajstić information content (AvgIpc) is 3.14. The van der Waals surface area contributed by atoms with E-state index >= 15 is 0 Å². The molecule has 0 aliphatic rings. The molecule has 0 N–H and O–H groups in total. The van der Waals surface area contributed by atoms with Crippen LogP contribution in [0.2, 0.25) is 10.0 Å². The molecular formula is C20H19Cl2N3O3. The zero-order chi connectivity index (χ0) is 20.1. The van der Waals surface area contributed by atoms with Crippen LogP contribution in [0.15, 0.2) is 53.1 Å². The number of aromatic nitrogens is 2. The van der Waals surface area contributed by atoms with E-state index in [9.17, 15) is 4.79 Å². The molecule has 0 bridgehead atoms. The first-order valence-electron chi connectivity index (χ1n) is 8.72. The molecule has 146 valence electrons. The molecule has 1 amide bonds. The molecule has 0 fully saturated rings. The van der Waals surface area contributed by atoms with Crippen LogP contribution in [0.5, 0.6) is 5.75 Å². The van der Waals surface area contributed by atoms with E-state index in [0.717, 1.165) is 0 Å². The summed E-state index contributed by atoms with van der Waals surface area (Å²) in [6.07, 6.45) is -0.140. The second-order valence-electron chi connectivity index (χ2n) is 6.16. The number of carbonyl (C=O) groups excluding carboxylic acids is 1. The van der Waals surface area contributed by atoms with Gasteiger partial charge in [-0.15, -0.1) is 0 Å². The molecule has 3 aromatic rings. The smallest absolute Gasteiger partial charge is 0.263 e. The van der Waals surface area contributed by atoms with Crippen molar-refractivity contribution in [1.29, 1.82) is 0 Å². The molecule has 2 aromatic carbocycles. The fraction of sp³-hybridized carbons (Fsp3) is 0.250. The molecule has 1 aromatic heterocycles. The number of likely N-dealkylation sites (N-methyl/N-ethyl adjacent to an activating group) is 1. The zero-order valence-corrected chi connectivity index (χ0v) is 16.9. The summed E-state index contributed by atoms with van der Waals surface area (Å²) in [4.78, 5) is 18.6. The Balaban J connectivity index is 1.67. The lowest BCUT2D eigenvalue weighted by Crippen LogP contribution is -2.39. The summed E-state index contributed by atoms with van der Waals surface area (Å²) in [5.74, 6) is 1.03. The summed E-state index contributed by atoms with van der Waals surface area (Å²) < 4.78 is 11.1. The lowest BCUT2D eigenvalue weighted by atomic mass is 10.2.